The Balaban J connectivity index is 1.38. The first kappa shape index (κ1) is 17.7. The highest BCUT2D eigenvalue weighted by molar-refractivity contribution is 5.48. The summed E-state index contributed by atoms with van der Waals surface area (Å²) in [7, 11) is 2.08. The van der Waals surface area contributed by atoms with Crippen molar-refractivity contribution in [1.29, 1.82) is 0 Å². The Morgan fingerprint density at radius 3 is 2.89 bits per heavy atom. The zero-order valence-corrected chi connectivity index (χ0v) is 15.8. The van der Waals surface area contributed by atoms with E-state index in [1.165, 1.54) is 18.4 Å². The molecule has 1 aromatic carbocycles. The van der Waals surface area contributed by atoms with Crippen LogP contribution in [0.25, 0.3) is 6.08 Å². The molecule has 6 nitrogen and oxygen atoms in total. The molecule has 1 saturated heterocycles. The van der Waals surface area contributed by atoms with Gasteiger partial charge in [0.2, 0.25) is 0 Å². The van der Waals surface area contributed by atoms with E-state index in [1.807, 2.05) is 17.1 Å². The lowest BCUT2D eigenvalue weighted by Crippen LogP contribution is -2.35. The van der Waals surface area contributed by atoms with Gasteiger partial charge in [-0.05, 0) is 24.9 Å². The van der Waals surface area contributed by atoms with Crippen LogP contribution in [0.3, 0.4) is 0 Å². The van der Waals surface area contributed by atoms with E-state index in [-0.39, 0.29) is 0 Å². The molecule has 0 bridgehead atoms. The second kappa shape index (κ2) is 8.31. The van der Waals surface area contributed by atoms with E-state index in [0.29, 0.717) is 12.5 Å². The molecule has 3 aromatic rings. The third kappa shape index (κ3) is 4.34. The van der Waals surface area contributed by atoms with Gasteiger partial charge in [0.05, 0.1) is 12.9 Å². The summed E-state index contributed by atoms with van der Waals surface area (Å²) in [6.45, 7) is 3.87. The molecule has 0 radical (unpaired) electrons. The van der Waals surface area contributed by atoms with Crippen molar-refractivity contribution in [3.8, 4) is 0 Å². The minimum absolute atomic E-state index is 0.443. The third-order valence-corrected chi connectivity index (χ3v) is 5.23. The molecule has 2 aromatic heterocycles. The van der Waals surface area contributed by atoms with Gasteiger partial charge in [-0.2, -0.15) is 0 Å². The number of imidazole rings is 1. The number of nitrogens with zero attached hydrogens (tertiary/aromatic N) is 6. The van der Waals surface area contributed by atoms with Crippen LogP contribution in [-0.2, 0) is 13.6 Å². The van der Waals surface area contributed by atoms with Crippen LogP contribution >= 0.6 is 0 Å². The normalized spacial score (nSPS) is 18.3. The number of likely N-dealkylation sites (tertiary alicyclic amines) is 1. The first-order chi connectivity index (χ1) is 13.3. The highest BCUT2D eigenvalue weighted by Crippen LogP contribution is 2.25. The van der Waals surface area contributed by atoms with E-state index in [0.717, 1.165) is 31.3 Å². The number of aromatic nitrogens is 5. The Kier molecular flexibility index (Phi) is 5.44. The van der Waals surface area contributed by atoms with Crippen molar-refractivity contribution in [1.82, 2.24) is 29.2 Å². The molecule has 1 fully saturated rings. The third-order valence-electron chi connectivity index (χ3n) is 5.23. The highest BCUT2D eigenvalue weighted by atomic mass is 15.3. The average Bonchev–Trinajstić information content (AvgIpc) is 3.34. The average molecular weight is 362 g/mol. The molecule has 4 rings (SSSR count). The molecule has 1 aliphatic rings. The van der Waals surface area contributed by atoms with Gasteiger partial charge in [-0.3, -0.25) is 4.90 Å². The number of hydrogen-bond acceptors (Lipinski definition) is 4. The fourth-order valence-corrected chi connectivity index (χ4v) is 3.75. The molecule has 0 N–H and O–H groups in total. The van der Waals surface area contributed by atoms with Crippen molar-refractivity contribution < 1.29 is 0 Å². The van der Waals surface area contributed by atoms with Crippen LogP contribution in [0.5, 0.6) is 0 Å². The molecule has 0 unspecified atom stereocenters. The number of hydrogen-bond donors (Lipinski definition) is 0. The van der Waals surface area contributed by atoms with Crippen molar-refractivity contribution in [3.05, 3.63) is 72.3 Å². The van der Waals surface area contributed by atoms with E-state index in [9.17, 15) is 0 Å². The molecular weight excluding hydrogens is 336 g/mol. The number of benzene rings is 1. The summed E-state index contributed by atoms with van der Waals surface area (Å²) < 4.78 is 4.18. The fourth-order valence-electron chi connectivity index (χ4n) is 3.75. The Morgan fingerprint density at radius 2 is 2.07 bits per heavy atom. The second-order valence-corrected chi connectivity index (χ2v) is 7.18. The van der Waals surface area contributed by atoms with Crippen molar-refractivity contribution >= 4 is 6.08 Å². The first-order valence-corrected chi connectivity index (χ1v) is 9.57. The first-order valence-electron chi connectivity index (χ1n) is 9.57. The maximum atomic E-state index is 4.52. The minimum atomic E-state index is 0.443. The van der Waals surface area contributed by atoms with Crippen LogP contribution in [0.15, 0.2) is 55.1 Å². The Hall–Kier alpha value is -2.73. The Labute approximate surface area is 160 Å². The van der Waals surface area contributed by atoms with Gasteiger partial charge in [0.15, 0.2) is 5.82 Å². The van der Waals surface area contributed by atoms with Crippen LogP contribution in [0.1, 0.15) is 36.0 Å². The number of piperidine rings is 1. The van der Waals surface area contributed by atoms with E-state index >= 15 is 0 Å². The fraction of sp³-hybridized carbons (Fsp3) is 0.381. The summed E-state index contributed by atoms with van der Waals surface area (Å²) in [5.41, 5.74) is 1.25. The van der Waals surface area contributed by atoms with Crippen LogP contribution in [-0.4, -0.2) is 48.8 Å². The van der Waals surface area contributed by atoms with Gasteiger partial charge in [0.1, 0.15) is 5.82 Å². The summed E-state index contributed by atoms with van der Waals surface area (Å²) in [6.07, 6.45) is 12.4. The van der Waals surface area contributed by atoms with E-state index < -0.39 is 0 Å². The van der Waals surface area contributed by atoms with E-state index in [1.54, 1.807) is 6.20 Å². The van der Waals surface area contributed by atoms with Gasteiger partial charge in [0, 0.05) is 38.4 Å². The van der Waals surface area contributed by atoms with Crippen molar-refractivity contribution in [2.24, 2.45) is 7.05 Å². The zero-order valence-electron chi connectivity index (χ0n) is 15.8. The zero-order chi connectivity index (χ0) is 18.5. The van der Waals surface area contributed by atoms with Gasteiger partial charge in [-0.1, -0.05) is 42.5 Å². The molecule has 0 amide bonds. The summed E-state index contributed by atoms with van der Waals surface area (Å²) in [5, 5.41) is 8.94. The summed E-state index contributed by atoms with van der Waals surface area (Å²) in [4.78, 5) is 6.61. The standard InChI is InChI=1S/C21H26N6/c1-25-20(16-27-14-11-22-17-27)23-24-21(25)19-10-6-13-26(15-19)12-5-9-18-7-3-2-4-8-18/h2-5,7-9,11,14,17,19H,6,10,12-13,15-16H2,1H3/b9-5+/t19-/m1/s1. The van der Waals surface area contributed by atoms with Crippen LogP contribution < -0.4 is 0 Å². The molecular formula is C21H26N6. The van der Waals surface area contributed by atoms with Crippen LogP contribution in [0.4, 0.5) is 0 Å². The second-order valence-electron chi connectivity index (χ2n) is 7.18. The van der Waals surface area contributed by atoms with Crippen molar-refractivity contribution in [2.45, 2.75) is 25.3 Å². The maximum Gasteiger partial charge on any atom is 0.152 e. The summed E-state index contributed by atoms with van der Waals surface area (Å²) in [5.74, 6) is 2.52. The van der Waals surface area contributed by atoms with Gasteiger partial charge in [-0.25, -0.2) is 4.98 Å². The SMILES string of the molecule is Cn1c(Cn2ccnc2)nnc1[C@@H]1CCCN(C/C=C/c2ccccc2)C1. The highest BCUT2D eigenvalue weighted by Gasteiger charge is 2.25. The van der Waals surface area contributed by atoms with Gasteiger partial charge in [-0.15, -0.1) is 10.2 Å². The molecule has 140 valence electrons. The predicted octanol–water partition coefficient (Wildman–Crippen LogP) is 2.95. The smallest absolute Gasteiger partial charge is 0.152 e. The van der Waals surface area contributed by atoms with E-state index in [2.05, 4.69) is 74.2 Å². The van der Waals surface area contributed by atoms with Gasteiger partial charge >= 0.3 is 0 Å². The quantitative estimate of drug-likeness (QED) is 0.676. The lowest BCUT2D eigenvalue weighted by molar-refractivity contribution is 0.222. The lowest BCUT2D eigenvalue weighted by atomic mass is 9.97. The summed E-state index contributed by atoms with van der Waals surface area (Å²) >= 11 is 0. The Bertz CT molecular complexity index is 865. The topological polar surface area (TPSA) is 51.8 Å². The van der Waals surface area contributed by atoms with Crippen molar-refractivity contribution in [2.75, 3.05) is 19.6 Å². The van der Waals surface area contributed by atoms with Crippen LogP contribution in [0, 0.1) is 0 Å². The molecule has 6 heteroatoms. The molecule has 0 saturated carbocycles. The monoisotopic (exact) mass is 362 g/mol. The molecule has 3 heterocycles. The van der Waals surface area contributed by atoms with Crippen LogP contribution in [0.2, 0.25) is 0 Å². The molecule has 0 aliphatic carbocycles. The number of rotatable bonds is 6. The Morgan fingerprint density at radius 1 is 1.19 bits per heavy atom. The summed E-state index contributed by atoms with van der Waals surface area (Å²) in [6, 6.07) is 10.5. The molecule has 27 heavy (non-hydrogen) atoms. The molecule has 1 aliphatic heterocycles. The van der Waals surface area contributed by atoms with Gasteiger partial charge < -0.3 is 9.13 Å². The van der Waals surface area contributed by atoms with E-state index in [4.69, 9.17) is 0 Å². The van der Waals surface area contributed by atoms with Crippen molar-refractivity contribution in [3.63, 3.8) is 0 Å². The molecule has 0 spiro atoms. The minimum Gasteiger partial charge on any atom is -0.330 e. The van der Waals surface area contributed by atoms with Gasteiger partial charge in [0.25, 0.3) is 0 Å². The predicted molar refractivity (Wildman–Crippen MR) is 106 cm³/mol. The maximum absolute atomic E-state index is 4.52. The lowest BCUT2D eigenvalue weighted by Gasteiger charge is -2.31. The molecule has 1 atom stereocenters. The largest absolute Gasteiger partial charge is 0.330 e.